The monoisotopic (exact) mass is 731 g/mol. The number of carbonyl (C=O) groups is 1. The van der Waals surface area contributed by atoms with Gasteiger partial charge in [0.2, 0.25) is 0 Å². The second-order valence-corrected chi connectivity index (χ2v) is 13.7. The van der Waals surface area contributed by atoms with Crippen LogP contribution in [0.4, 0.5) is 48.7 Å². The van der Waals surface area contributed by atoms with Gasteiger partial charge in [0.15, 0.2) is 0 Å². The summed E-state index contributed by atoms with van der Waals surface area (Å²) in [7, 11) is 1.21. The van der Waals surface area contributed by atoms with Crippen LogP contribution in [0.2, 0.25) is 0 Å². The van der Waals surface area contributed by atoms with Gasteiger partial charge in [-0.15, -0.1) is 0 Å². The van der Waals surface area contributed by atoms with Gasteiger partial charge in [0.25, 0.3) is 0 Å². The van der Waals surface area contributed by atoms with Crippen molar-refractivity contribution in [2.45, 2.75) is 84.1 Å². The molecule has 5 rings (SSSR count). The summed E-state index contributed by atoms with van der Waals surface area (Å²) in [6, 6.07) is 6.04. The van der Waals surface area contributed by atoms with Crippen LogP contribution in [0.1, 0.15) is 86.4 Å². The number of halogens is 10. The average Bonchev–Trinajstić information content (AvgIpc) is 3.30. The van der Waals surface area contributed by atoms with E-state index in [4.69, 9.17) is 9.47 Å². The summed E-state index contributed by atoms with van der Waals surface area (Å²) >= 11 is 0. The van der Waals surface area contributed by atoms with Crippen LogP contribution >= 0.6 is 0 Å². The van der Waals surface area contributed by atoms with Gasteiger partial charge in [-0.25, -0.2) is 9.18 Å². The molecule has 1 amide bonds. The van der Waals surface area contributed by atoms with Crippen LogP contribution in [0, 0.1) is 11.2 Å². The topological polar surface area (TPSA) is 38.8 Å². The molecule has 4 nitrogen and oxygen atoms in total. The quantitative estimate of drug-likeness (QED) is 0.227. The molecule has 1 saturated heterocycles. The number of cyclic esters (lactones) is 1. The molecule has 0 spiro atoms. The SMILES string of the molecule is CCc1c(F)cccc1-c1cc(C2=C(CN3C(=O)O[C@H](c4cc(C(F)(F)F)cc(C(F)(F)F)c4)[C@@H]3C)CC(C)(C)CC2)c(OC)cc1C(F)(F)F. The first kappa shape index (κ1) is 38.0. The lowest BCUT2D eigenvalue weighted by Gasteiger charge is -2.36. The van der Waals surface area contributed by atoms with Gasteiger partial charge in [-0.3, -0.25) is 4.90 Å². The fraction of sp³-hybridized carbons (Fsp3) is 0.432. The summed E-state index contributed by atoms with van der Waals surface area (Å²) in [5.74, 6) is -0.787. The second-order valence-electron chi connectivity index (χ2n) is 13.7. The Morgan fingerprint density at radius 3 is 2.06 bits per heavy atom. The first-order valence-corrected chi connectivity index (χ1v) is 16.1. The summed E-state index contributed by atoms with van der Waals surface area (Å²) < 4.78 is 151. The van der Waals surface area contributed by atoms with Crippen molar-refractivity contribution in [2.75, 3.05) is 13.7 Å². The van der Waals surface area contributed by atoms with Crippen molar-refractivity contribution in [1.29, 1.82) is 0 Å². The Bertz CT molecular complexity index is 1820. The molecule has 3 aromatic rings. The largest absolute Gasteiger partial charge is 0.496 e. The van der Waals surface area contributed by atoms with E-state index in [2.05, 4.69) is 0 Å². The molecule has 1 heterocycles. The van der Waals surface area contributed by atoms with Gasteiger partial charge in [0, 0.05) is 12.1 Å². The zero-order valence-electron chi connectivity index (χ0n) is 28.3. The van der Waals surface area contributed by atoms with Gasteiger partial charge < -0.3 is 9.47 Å². The molecule has 0 N–H and O–H groups in total. The third-order valence-corrected chi connectivity index (χ3v) is 9.60. The van der Waals surface area contributed by atoms with E-state index >= 15 is 0 Å². The van der Waals surface area contributed by atoms with Crippen molar-refractivity contribution in [3.8, 4) is 16.9 Å². The number of amides is 1. The van der Waals surface area contributed by atoms with Crippen LogP contribution in [-0.4, -0.2) is 30.7 Å². The Balaban J connectivity index is 1.64. The van der Waals surface area contributed by atoms with Gasteiger partial charge in [0.05, 0.1) is 29.8 Å². The van der Waals surface area contributed by atoms with E-state index in [-0.39, 0.29) is 52.5 Å². The Morgan fingerprint density at radius 1 is 0.882 bits per heavy atom. The Kier molecular flexibility index (Phi) is 9.98. The lowest BCUT2D eigenvalue weighted by molar-refractivity contribution is -0.143. The summed E-state index contributed by atoms with van der Waals surface area (Å²) in [6.45, 7) is 6.78. The van der Waals surface area contributed by atoms with Crippen LogP contribution in [-0.2, 0) is 29.7 Å². The highest BCUT2D eigenvalue weighted by Crippen LogP contribution is 2.49. The number of carbonyl (C=O) groups excluding carboxylic acids is 1. The summed E-state index contributed by atoms with van der Waals surface area (Å²) in [5, 5.41) is 0. The van der Waals surface area contributed by atoms with Gasteiger partial charge >= 0.3 is 24.6 Å². The molecule has 0 bridgehead atoms. The third kappa shape index (κ3) is 7.69. The normalized spacial score (nSPS) is 19.8. The first-order chi connectivity index (χ1) is 23.6. The van der Waals surface area contributed by atoms with Crippen LogP contribution in [0.15, 0.2) is 54.1 Å². The van der Waals surface area contributed by atoms with Crippen LogP contribution in [0.5, 0.6) is 5.75 Å². The molecular formula is C37H35F10NO3. The fourth-order valence-electron chi connectivity index (χ4n) is 7.01. The maximum atomic E-state index is 14.9. The number of hydrogen-bond donors (Lipinski definition) is 0. The molecule has 0 radical (unpaired) electrons. The number of rotatable bonds is 7. The summed E-state index contributed by atoms with van der Waals surface area (Å²) in [5.41, 5.74) is -3.71. The van der Waals surface area contributed by atoms with Crippen molar-refractivity contribution in [1.82, 2.24) is 4.90 Å². The molecule has 14 heteroatoms. The van der Waals surface area contributed by atoms with Gasteiger partial charge in [-0.1, -0.05) is 32.9 Å². The summed E-state index contributed by atoms with van der Waals surface area (Å²) in [4.78, 5) is 14.5. The zero-order valence-corrected chi connectivity index (χ0v) is 28.3. The lowest BCUT2D eigenvalue weighted by atomic mass is 9.72. The number of benzene rings is 3. The van der Waals surface area contributed by atoms with E-state index in [9.17, 15) is 48.7 Å². The van der Waals surface area contributed by atoms with E-state index in [0.717, 1.165) is 12.1 Å². The van der Waals surface area contributed by atoms with Crippen molar-refractivity contribution in [3.63, 3.8) is 0 Å². The van der Waals surface area contributed by atoms with E-state index in [1.165, 1.54) is 37.1 Å². The molecule has 0 unspecified atom stereocenters. The molecule has 3 aromatic carbocycles. The molecule has 1 aliphatic carbocycles. The number of ether oxygens (including phenoxy) is 2. The minimum atomic E-state index is -5.11. The predicted octanol–water partition coefficient (Wildman–Crippen LogP) is 11.7. The molecule has 0 saturated carbocycles. The van der Waals surface area contributed by atoms with E-state index in [1.54, 1.807) is 6.92 Å². The maximum absolute atomic E-state index is 14.9. The number of methoxy groups -OCH3 is 1. The predicted molar refractivity (Wildman–Crippen MR) is 169 cm³/mol. The highest BCUT2D eigenvalue weighted by Gasteiger charge is 2.45. The van der Waals surface area contributed by atoms with Crippen LogP contribution < -0.4 is 4.74 Å². The number of allylic oxidation sites excluding steroid dienone is 1. The molecule has 2 atom stereocenters. The molecular weight excluding hydrogens is 696 g/mol. The van der Waals surface area contributed by atoms with Crippen molar-refractivity contribution in [2.24, 2.45) is 5.41 Å². The smallest absolute Gasteiger partial charge is 0.417 e. The van der Waals surface area contributed by atoms with Crippen molar-refractivity contribution in [3.05, 3.63) is 93.3 Å². The number of hydrogen-bond acceptors (Lipinski definition) is 3. The van der Waals surface area contributed by atoms with Crippen molar-refractivity contribution < 1.29 is 58.2 Å². The van der Waals surface area contributed by atoms with Gasteiger partial charge in [-0.05, 0) is 108 Å². The minimum absolute atomic E-state index is 0.0110. The van der Waals surface area contributed by atoms with Crippen LogP contribution in [0.3, 0.4) is 0 Å². The highest BCUT2D eigenvalue weighted by atomic mass is 19.4. The minimum Gasteiger partial charge on any atom is -0.496 e. The number of alkyl halides is 9. The fourth-order valence-corrected chi connectivity index (χ4v) is 7.01. The van der Waals surface area contributed by atoms with E-state index in [0.29, 0.717) is 42.5 Å². The highest BCUT2D eigenvalue weighted by molar-refractivity contribution is 5.82. The van der Waals surface area contributed by atoms with E-state index in [1.807, 2.05) is 13.8 Å². The first-order valence-electron chi connectivity index (χ1n) is 16.1. The lowest BCUT2D eigenvalue weighted by Crippen LogP contribution is -2.35. The molecule has 276 valence electrons. The van der Waals surface area contributed by atoms with Gasteiger partial charge in [0.1, 0.15) is 17.7 Å². The Hall–Kier alpha value is -4.23. The molecule has 1 aliphatic heterocycles. The standard InChI is InChI=1S/C37H35F10NO3/c1-6-24-26(8-7-9-30(24)38)27-15-28(31(50-5)16-29(27)37(45,46)47)25-10-11-34(3,4)17-21(25)18-48-19(2)32(51-33(48)49)20-12-22(35(39,40)41)14-23(13-20)36(42,43)44/h7-9,12-16,19,32H,6,10-11,17-18H2,1-5H3/t19-,32-/m0/s1. The third-order valence-electron chi connectivity index (χ3n) is 9.60. The average molecular weight is 732 g/mol. The van der Waals surface area contributed by atoms with E-state index < -0.39 is 64.8 Å². The molecule has 1 fully saturated rings. The molecule has 2 aliphatic rings. The van der Waals surface area contributed by atoms with Crippen LogP contribution in [0.25, 0.3) is 16.7 Å². The molecule has 51 heavy (non-hydrogen) atoms. The summed E-state index contributed by atoms with van der Waals surface area (Å²) in [6.07, 6.45) is -16.2. The second kappa shape index (κ2) is 13.4. The Morgan fingerprint density at radius 2 is 1.51 bits per heavy atom. The molecule has 0 aromatic heterocycles. The van der Waals surface area contributed by atoms with Gasteiger partial charge in [-0.2, -0.15) is 39.5 Å². The maximum Gasteiger partial charge on any atom is 0.417 e. The number of nitrogens with zero attached hydrogens (tertiary/aromatic N) is 1. The Labute approximate surface area is 288 Å². The van der Waals surface area contributed by atoms with Crippen molar-refractivity contribution >= 4 is 11.7 Å². The zero-order chi connectivity index (χ0) is 37.8.